The number of nitrogens with one attached hydrogen (secondary N) is 3. The summed E-state index contributed by atoms with van der Waals surface area (Å²) < 4.78 is 12.4. The van der Waals surface area contributed by atoms with E-state index in [2.05, 4.69) is 39.9 Å². The summed E-state index contributed by atoms with van der Waals surface area (Å²) >= 11 is 1.32. The quantitative estimate of drug-likeness (QED) is 0.287. The molecular weight excluding hydrogens is 510 g/mol. The number of allylic oxidation sites excluding steroid dienone is 1. The van der Waals surface area contributed by atoms with Gasteiger partial charge in [-0.25, -0.2) is 0 Å². The fourth-order valence-electron chi connectivity index (χ4n) is 6.37. The summed E-state index contributed by atoms with van der Waals surface area (Å²) in [7, 11) is 0. The van der Waals surface area contributed by atoms with Crippen LogP contribution < -0.4 is 10.6 Å². The van der Waals surface area contributed by atoms with Crippen molar-refractivity contribution in [1.82, 2.24) is 26.0 Å². The maximum Gasteiger partial charge on any atom is 0.240 e. The molecule has 11 atom stereocenters. The van der Waals surface area contributed by atoms with Gasteiger partial charge in [0.15, 0.2) is 0 Å². The minimum atomic E-state index is -1.41. The number of amides is 1. The zero-order valence-corrected chi connectivity index (χ0v) is 22.8. The SMILES string of the molecule is CC(C)C[C@@H]1CCO[C@@H]2[C@H](CN[C@@H]2C(=O)N[C@@H]2C/C=C\C[C@@H](c3cn[nH]n3)SC3OC2C(O)C(O)C3O)C1. The van der Waals surface area contributed by atoms with Crippen molar-refractivity contribution in [3.05, 3.63) is 24.0 Å². The van der Waals surface area contributed by atoms with E-state index in [0.29, 0.717) is 37.0 Å². The van der Waals surface area contributed by atoms with E-state index in [1.807, 2.05) is 12.2 Å². The molecule has 0 aromatic carbocycles. The van der Waals surface area contributed by atoms with Crippen LogP contribution in [0, 0.1) is 17.8 Å². The summed E-state index contributed by atoms with van der Waals surface area (Å²) in [6.07, 6.45) is 4.66. The average molecular weight is 552 g/mol. The summed E-state index contributed by atoms with van der Waals surface area (Å²) in [5.41, 5.74) is -0.109. The van der Waals surface area contributed by atoms with E-state index in [0.717, 1.165) is 19.4 Å². The molecule has 5 rings (SSSR count). The van der Waals surface area contributed by atoms with Crippen LogP contribution in [-0.2, 0) is 14.3 Å². The third kappa shape index (κ3) is 6.11. The maximum atomic E-state index is 13.6. The van der Waals surface area contributed by atoms with E-state index < -0.39 is 41.9 Å². The van der Waals surface area contributed by atoms with E-state index in [1.54, 1.807) is 6.20 Å². The first-order valence-corrected chi connectivity index (χ1v) is 14.8. The van der Waals surface area contributed by atoms with Crippen LogP contribution in [0.15, 0.2) is 18.3 Å². The number of hydrogen-bond acceptors (Lipinski definition) is 10. The molecule has 11 nitrogen and oxygen atoms in total. The first kappa shape index (κ1) is 28.0. The van der Waals surface area contributed by atoms with Crippen molar-refractivity contribution in [3.63, 3.8) is 0 Å². The van der Waals surface area contributed by atoms with Gasteiger partial charge >= 0.3 is 0 Å². The Morgan fingerprint density at radius 1 is 1.18 bits per heavy atom. The number of carbonyl (C=O) groups excluding carboxylic acids is 1. The average Bonchev–Trinajstić information content (AvgIpc) is 3.52. The molecule has 1 aromatic rings. The van der Waals surface area contributed by atoms with Crippen molar-refractivity contribution in [1.29, 1.82) is 0 Å². The molecule has 2 bridgehead atoms. The summed E-state index contributed by atoms with van der Waals surface area (Å²) in [6, 6.07) is -1.09. The summed E-state index contributed by atoms with van der Waals surface area (Å²) in [6.45, 7) is 5.87. The number of aromatic amines is 1. The van der Waals surface area contributed by atoms with E-state index in [1.165, 1.54) is 18.2 Å². The molecule has 6 N–H and O–H groups in total. The third-order valence-electron chi connectivity index (χ3n) is 8.25. The first-order valence-electron chi connectivity index (χ1n) is 13.8. The second-order valence-electron chi connectivity index (χ2n) is 11.5. The Hall–Kier alpha value is -1.54. The van der Waals surface area contributed by atoms with Crippen molar-refractivity contribution < 1.29 is 29.6 Å². The molecule has 1 amide bonds. The Bertz CT molecular complexity index is 951. The van der Waals surface area contributed by atoms with Gasteiger partial charge in [-0.05, 0) is 49.9 Å². The number of aliphatic hydroxyl groups excluding tert-OH is 3. The molecule has 1 aromatic heterocycles. The number of nitrogens with zero attached hydrogens (tertiary/aromatic N) is 2. The molecule has 4 aliphatic heterocycles. The molecule has 0 saturated carbocycles. The predicted octanol–water partition coefficient (Wildman–Crippen LogP) is 0.651. The van der Waals surface area contributed by atoms with Gasteiger partial charge in [-0.2, -0.15) is 15.4 Å². The third-order valence-corrected chi connectivity index (χ3v) is 9.67. The summed E-state index contributed by atoms with van der Waals surface area (Å²) in [5, 5.41) is 49.2. The minimum absolute atomic E-state index is 0.162. The van der Waals surface area contributed by atoms with Crippen LogP contribution >= 0.6 is 11.8 Å². The fourth-order valence-corrected chi connectivity index (χ4v) is 7.69. The summed E-state index contributed by atoms with van der Waals surface area (Å²) in [4.78, 5) is 13.6. The van der Waals surface area contributed by atoms with E-state index in [-0.39, 0.29) is 23.2 Å². The van der Waals surface area contributed by atoms with E-state index in [9.17, 15) is 20.1 Å². The molecule has 3 saturated heterocycles. The number of H-pyrrole nitrogens is 1. The second-order valence-corrected chi connectivity index (χ2v) is 12.8. The molecule has 0 aliphatic carbocycles. The van der Waals surface area contributed by atoms with Gasteiger partial charge in [-0.15, -0.1) is 11.8 Å². The van der Waals surface area contributed by atoms with E-state index in [4.69, 9.17) is 9.47 Å². The normalized spacial score (nSPS) is 42.7. The number of aliphatic hydroxyl groups is 3. The van der Waals surface area contributed by atoms with Crippen molar-refractivity contribution in [2.24, 2.45) is 17.8 Å². The zero-order valence-electron chi connectivity index (χ0n) is 22.0. The number of carbonyl (C=O) groups is 1. The molecule has 0 radical (unpaired) electrons. The Balaban J connectivity index is 1.30. The second kappa shape index (κ2) is 12.3. The molecular formula is C26H41N5O6S. The highest BCUT2D eigenvalue weighted by atomic mass is 32.2. The monoisotopic (exact) mass is 551 g/mol. The van der Waals surface area contributed by atoms with Crippen molar-refractivity contribution in [2.75, 3.05) is 13.2 Å². The number of rotatable bonds is 5. The lowest BCUT2D eigenvalue weighted by molar-refractivity contribution is -0.205. The van der Waals surface area contributed by atoms with Crippen molar-refractivity contribution in [2.45, 2.75) is 99.2 Å². The Morgan fingerprint density at radius 2 is 2.00 bits per heavy atom. The fraction of sp³-hybridized carbons (Fsp3) is 0.808. The minimum Gasteiger partial charge on any atom is -0.388 e. The number of ether oxygens (including phenoxy) is 2. The smallest absolute Gasteiger partial charge is 0.240 e. The summed E-state index contributed by atoms with van der Waals surface area (Å²) in [5.74, 6) is 1.32. The Kier molecular flexibility index (Phi) is 9.08. The lowest BCUT2D eigenvalue weighted by Gasteiger charge is -2.44. The van der Waals surface area contributed by atoms with Crippen LogP contribution in [0.1, 0.15) is 56.9 Å². The highest BCUT2D eigenvalue weighted by Crippen LogP contribution is 2.41. The van der Waals surface area contributed by atoms with Crippen LogP contribution in [0.2, 0.25) is 0 Å². The zero-order chi connectivity index (χ0) is 26.8. The van der Waals surface area contributed by atoms with E-state index >= 15 is 0 Å². The molecule has 0 spiro atoms. The first-order chi connectivity index (χ1) is 18.3. The topological polar surface area (TPSA) is 162 Å². The van der Waals surface area contributed by atoms with Crippen LogP contribution in [0.3, 0.4) is 0 Å². The molecule has 212 valence electrons. The molecule has 3 fully saturated rings. The molecule has 38 heavy (non-hydrogen) atoms. The van der Waals surface area contributed by atoms with Crippen LogP contribution in [0.5, 0.6) is 0 Å². The number of fused-ring (bicyclic) bond motifs is 3. The lowest BCUT2D eigenvalue weighted by Crippen LogP contribution is -2.64. The van der Waals surface area contributed by atoms with Crippen LogP contribution in [-0.4, -0.2) is 97.8 Å². The maximum absolute atomic E-state index is 13.6. The molecule has 5 unspecified atom stereocenters. The van der Waals surface area contributed by atoms with Crippen LogP contribution in [0.4, 0.5) is 0 Å². The molecule has 4 aliphatic rings. The highest BCUT2D eigenvalue weighted by Gasteiger charge is 2.49. The number of hydrogen-bond donors (Lipinski definition) is 6. The number of aromatic nitrogens is 3. The van der Waals surface area contributed by atoms with Crippen molar-refractivity contribution >= 4 is 17.7 Å². The van der Waals surface area contributed by atoms with Gasteiger partial charge in [-0.3, -0.25) is 4.79 Å². The largest absolute Gasteiger partial charge is 0.388 e. The standard InChI is InChI=1S/C26H41N5O6S/c1-13(2)9-14-7-8-36-23-15(10-14)11-27-19(23)25(35)29-16-5-3-4-6-18(17-12-28-31-30-17)38-26-22(34)20(32)21(33)24(16)37-26/h3-4,12-16,18-24,26-27,32-34H,5-11H2,1-2H3,(H,29,35)(H,28,30,31)/b4-3-/t14-,15-,16+,18-,19-,20?,21?,22?,23+,24?,26?/m0/s1. The van der Waals surface area contributed by atoms with Gasteiger partial charge in [0.1, 0.15) is 35.9 Å². The van der Waals surface area contributed by atoms with Crippen LogP contribution in [0.25, 0.3) is 0 Å². The highest BCUT2D eigenvalue weighted by molar-refractivity contribution is 8.00. The number of thioether (sulfide) groups is 1. The van der Waals surface area contributed by atoms with Crippen molar-refractivity contribution in [3.8, 4) is 0 Å². The Morgan fingerprint density at radius 3 is 2.76 bits per heavy atom. The van der Waals surface area contributed by atoms with Gasteiger partial charge in [0.2, 0.25) is 5.91 Å². The van der Waals surface area contributed by atoms with Gasteiger partial charge in [-0.1, -0.05) is 26.0 Å². The molecule has 5 heterocycles. The van der Waals surface area contributed by atoms with Gasteiger partial charge < -0.3 is 35.4 Å². The Labute approximate surface area is 227 Å². The predicted molar refractivity (Wildman–Crippen MR) is 141 cm³/mol. The van der Waals surface area contributed by atoms with Gasteiger partial charge in [0.25, 0.3) is 0 Å². The molecule has 12 heteroatoms. The van der Waals surface area contributed by atoms with Gasteiger partial charge in [0, 0.05) is 13.2 Å². The lowest BCUT2D eigenvalue weighted by atomic mass is 9.85. The van der Waals surface area contributed by atoms with Gasteiger partial charge in [0.05, 0.1) is 29.3 Å².